The highest BCUT2D eigenvalue weighted by atomic mass is 16.3. The monoisotopic (exact) mass is 387 g/mol. The summed E-state index contributed by atoms with van der Waals surface area (Å²) in [6.07, 6.45) is 8.05. The molecule has 150 valence electrons. The molecule has 2 heterocycles. The summed E-state index contributed by atoms with van der Waals surface area (Å²) in [5, 5.41) is 11.5. The SMILES string of the molecule is Cc1ccc2c(N3CCCC4CCCC(C4)C3)nc(-c3ccccc3O)nc2c1. The smallest absolute Gasteiger partial charge is 0.165 e. The second-order valence-corrected chi connectivity index (χ2v) is 8.90. The van der Waals surface area contributed by atoms with Crippen LogP contribution < -0.4 is 4.90 Å². The number of rotatable bonds is 2. The number of aromatic hydroxyl groups is 1. The largest absolute Gasteiger partial charge is 0.507 e. The highest BCUT2D eigenvalue weighted by Gasteiger charge is 2.28. The number of anilines is 1. The average molecular weight is 388 g/mol. The Labute approximate surface area is 172 Å². The maximum atomic E-state index is 10.4. The van der Waals surface area contributed by atoms with E-state index in [1.54, 1.807) is 6.07 Å². The van der Waals surface area contributed by atoms with E-state index in [0.29, 0.717) is 11.4 Å². The highest BCUT2D eigenvalue weighted by Crippen LogP contribution is 2.37. The van der Waals surface area contributed by atoms with Gasteiger partial charge in [-0.15, -0.1) is 0 Å². The van der Waals surface area contributed by atoms with E-state index in [1.165, 1.54) is 44.1 Å². The van der Waals surface area contributed by atoms with E-state index in [-0.39, 0.29) is 5.75 Å². The standard InChI is InChI=1S/C25H29N3O/c1-17-11-12-20-22(14-17)26-24(21-9-2-3-10-23(21)29)27-25(20)28-13-5-8-18-6-4-7-19(15-18)16-28/h2-3,9-12,14,18-19,29H,4-8,13,15-16H2,1H3. The molecule has 1 aliphatic heterocycles. The molecule has 2 aliphatic rings. The molecule has 0 amide bonds. The summed E-state index contributed by atoms with van der Waals surface area (Å²) in [5.74, 6) is 3.56. The third-order valence-corrected chi connectivity index (χ3v) is 6.69. The van der Waals surface area contributed by atoms with E-state index in [2.05, 4.69) is 30.0 Å². The van der Waals surface area contributed by atoms with Crippen LogP contribution in [0.5, 0.6) is 5.75 Å². The molecular weight excluding hydrogens is 358 g/mol. The molecule has 0 spiro atoms. The minimum absolute atomic E-state index is 0.230. The van der Waals surface area contributed by atoms with Crippen molar-refractivity contribution in [2.45, 2.75) is 45.4 Å². The summed E-state index contributed by atoms with van der Waals surface area (Å²) >= 11 is 0. The molecule has 2 atom stereocenters. The third kappa shape index (κ3) is 3.68. The van der Waals surface area contributed by atoms with Gasteiger partial charge in [-0.05, 0) is 74.3 Å². The molecule has 29 heavy (non-hydrogen) atoms. The number of hydrogen-bond donors (Lipinski definition) is 1. The van der Waals surface area contributed by atoms with Crippen LogP contribution in [0.25, 0.3) is 22.3 Å². The van der Waals surface area contributed by atoms with Crippen molar-refractivity contribution in [1.29, 1.82) is 0 Å². The fourth-order valence-electron chi connectivity index (χ4n) is 5.24. The number of aromatic nitrogens is 2. The minimum atomic E-state index is 0.230. The predicted molar refractivity (Wildman–Crippen MR) is 118 cm³/mol. The number of fused-ring (bicyclic) bond motifs is 3. The van der Waals surface area contributed by atoms with Gasteiger partial charge in [-0.25, -0.2) is 9.97 Å². The molecule has 1 aromatic heterocycles. The van der Waals surface area contributed by atoms with Gasteiger partial charge in [-0.3, -0.25) is 0 Å². The van der Waals surface area contributed by atoms with E-state index in [4.69, 9.17) is 9.97 Å². The van der Waals surface area contributed by atoms with Crippen LogP contribution in [0.15, 0.2) is 42.5 Å². The van der Waals surface area contributed by atoms with Crippen LogP contribution in [0.4, 0.5) is 5.82 Å². The van der Waals surface area contributed by atoms with Crippen molar-refractivity contribution in [2.75, 3.05) is 18.0 Å². The lowest BCUT2D eigenvalue weighted by molar-refractivity contribution is 0.239. The summed E-state index contributed by atoms with van der Waals surface area (Å²) < 4.78 is 0. The summed E-state index contributed by atoms with van der Waals surface area (Å²) in [6, 6.07) is 13.8. The van der Waals surface area contributed by atoms with Gasteiger partial charge in [0.1, 0.15) is 11.6 Å². The Morgan fingerprint density at radius 2 is 1.79 bits per heavy atom. The number of phenolic OH excluding ortho intramolecular Hbond substituents is 1. The number of para-hydroxylation sites is 1. The molecule has 4 nitrogen and oxygen atoms in total. The number of hydrogen-bond acceptors (Lipinski definition) is 4. The van der Waals surface area contributed by atoms with Crippen LogP contribution in [-0.2, 0) is 0 Å². The molecule has 5 rings (SSSR count). The van der Waals surface area contributed by atoms with Crippen molar-refractivity contribution in [1.82, 2.24) is 9.97 Å². The van der Waals surface area contributed by atoms with Gasteiger partial charge in [0.05, 0.1) is 11.1 Å². The van der Waals surface area contributed by atoms with Crippen molar-refractivity contribution in [2.24, 2.45) is 11.8 Å². The average Bonchev–Trinajstić information content (AvgIpc) is 2.71. The van der Waals surface area contributed by atoms with E-state index < -0.39 is 0 Å². The zero-order valence-electron chi connectivity index (χ0n) is 17.1. The number of aryl methyl sites for hydroxylation is 1. The van der Waals surface area contributed by atoms with Crippen LogP contribution >= 0.6 is 0 Å². The molecule has 2 aromatic carbocycles. The minimum Gasteiger partial charge on any atom is -0.507 e. The van der Waals surface area contributed by atoms with Gasteiger partial charge in [-0.2, -0.15) is 0 Å². The van der Waals surface area contributed by atoms with Crippen LogP contribution in [-0.4, -0.2) is 28.2 Å². The number of benzene rings is 2. The van der Waals surface area contributed by atoms with Gasteiger partial charge >= 0.3 is 0 Å². The molecule has 0 radical (unpaired) electrons. The topological polar surface area (TPSA) is 49.2 Å². The third-order valence-electron chi connectivity index (χ3n) is 6.69. The maximum Gasteiger partial charge on any atom is 0.165 e. The first-order valence-corrected chi connectivity index (χ1v) is 11.0. The zero-order chi connectivity index (χ0) is 19.8. The molecule has 2 bridgehead atoms. The Bertz CT molecular complexity index is 1030. The lowest BCUT2D eigenvalue weighted by Gasteiger charge is -2.37. The van der Waals surface area contributed by atoms with Gasteiger partial charge in [0, 0.05) is 18.5 Å². The van der Waals surface area contributed by atoms with E-state index in [9.17, 15) is 5.11 Å². The van der Waals surface area contributed by atoms with Gasteiger partial charge in [0.2, 0.25) is 0 Å². The van der Waals surface area contributed by atoms with Crippen molar-refractivity contribution in [3.63, 3.8) is 0 Å². The molecule has 1 N–H and O–H groups in total. The molecule has 1 saturated heterocycles. The summed E-state index contributed by atoms with van der Waals surface area (Å²) in [6.45, 7) is 4.23. The second-order valence-electron chi connectivity index (χ2n) is 8.90. The Balaban J connectivity index is 1.62. The van der Waals surface area contributed by atoms with Crippen molar-refractivity contribution >= 4 is 16.7 Å². The van der Waals surface area contributed by atoms with Crippen LogP contribution in [0.1, 0.15) is 44.1 Å². The molecule has 3 aromatic rings. The number of phenols is 1. The van der Waals surface area contributed by atoms with E-state index in [0.717, 1.165) is 41.6 Å². The van der Waals surface area contributed by atoms with E-state index >= 15 is 0 Å². The van der Waals surface area contributed by atoms with Gasteiger partial charge < -0.3 is 10.0 Å². The van der Waals surface area contributed by atoms with Crippen LogP contribution in [0.3, 0.4) is 0 Å². The normalized spacial score (nSPS) is 22.3. The second kappa shape index (κ2) is 7.66. The fraction of sp³-hybridized carbons (Fsp3) is 0.440. The van der Waals surface area contributed by atoms with Gasteiger partial charge in [-0.1, -0.05) is 31.0 Å². The lowest BCUT2D eigenvalue weighted by atomic mass is 9.78. The van der Waals surface area contributed by atoms with Crippen molar-refractivity contribution in [3.05, 3.63) is 48.0 Å². The van der Waals surface area contributed by atoms with Crippen molar-refractivity contribution in [3.8, 4) is 17.1 Å². The molecule has 2 unspecified atom stereocenters. The Hall–Kier alpha value is -2.62. The van der Waals surface area contributed by atoms with Crippen LogP contribution in [0, 0.1) is 18.8 Å². The van der Waals surface area contributed by atoms with Gasteiger partial charge in [0.15, 0.2) is 5.82 Å². The Morgan fingerprint density at radius 1 is 0.966 bits per heavy atom. The maximum absolute atomic E-state index is 10.4. The molecule has 1 saturated carbocycles. The Morgan fingerprint density at radius 3 is 2.69 bits per heavy atom. The first kappa shape index (κ1) is 18.4. The zero-order valence-corrected chi connectivity index (χ0v) is 17.1. The summed E-state index contributed by atoms with van der Waals surface area (Å²) in [7, 11) is 0. The summed E-state index contributed by atoms with van der Waals surface area (Å²) in [5.41, 5.74) is 2.84. The molecule has 4 heteroatoms. The first-order chi connectivity index (χ1) is 14.2. The fourth-order valence-corrected chi connectivity index (χ4v) is 5.24. The van der Waals surface area contributed by atoms with E-state index in [1.807, 2.05) is 18.2 Å². The molecular formula is C25H29N3O. The van der Waals surface area contributed by atoms with Gasteiger partial charge in [0.25, 0.3) is 0 Å². The van der Waals surface area contributed by atoms with Crippen molar-refractivity contribution < 1.29 is 5.11 Å². The van der Waals surface area contributed by atoms with Crippen LogP contribution in [0.2, 0.25) is 0 Å². The first-order valence-electron chi connectivity index (χ1n) is 11.0. The highest BCUT2D eigenvalue weighted by molar-refractivity contribution is 5.91. The number of nitrogens with zero attached hydrogens (tertiary/aromatic N) is 3. The molecule has 2 fully saturated rings. The lowest BCUT2D eigenvalue weighted by Crippen LogP contribution is -2.36. The Kier molecular flexibility index (Phi) is 4.86. The molecule has 1 aliphatic carbocycles. The quantitative estimate of drug-likeness (QED) is 0.611. The predicted octanol–water partition coefficient (Wildman–Crippen LogP) is 5.72. The summed E-state index contributed by atoms with van der Waals surface area (Å²) in [4.78, 5) is 12.3.